The topological polar surface area (TPSA) is 63.0 Å². The number of aldehydes is 1. The van der Waals surface area contributed by atoms with Crippen LogP contribution in [0.5, 0.6) is 11.5 Å². The summed E-state index contributed by atoms with van der Waals surface area (Å²) in [5.41, 5.74) is 0.505. The molecule has 0 amide bonds. The van der Waals surface area contributed by atoms with Gasteiger partial charge in [0, 0.05) is 5.56 Å². The standard InChI is InChI=1S/C20H11F3N2O2/c21-20(22,23)15-6-9-19(14(10-15)11-24)27-17-7-4-13(5-8-17)18-3-1-2-16(12-26)25-18/h1-10,12H. The lowest BCUT2D eigenvalue weighted by atomic mass is 10.1. The quantitative estimate of drug-likeness (QED) is 0.591. The molecule has 0 aliphatic carbocycles. The van der Waals surface area contributed by atoms with E-state index in [9.17, 15) is 18.0 Å². The van der Waals surface area contributed by atoms with Crippen LogP contribution in [-0.4, -0.2) is 11.3 Å². The second kappa shape index (κ2) is 7.30. The van der Waals surface area contributed by atoms with Gasteiger partial charge in [0.05, 0.1) is 16.8 Å². The van der Waals surface area contributed by atoms with Crippen LogP contribution in [-0.2, 0) is 6.18 Å². The fourth-order valence-electron chi connectivity index (χ4n) is 2.38. The van der Waals surface area contributed by atoms with E-state index in [0.29, 0.717) is 23.4 Å². The summed E-state index contributed by atoms with van der Waals surface area (Å²) in [5, 5.41) is 9.09. The van der Waals surface area contributed by atoms with Gasteiger partial charge in [-0.05, 0) is 54.6 Å². The minimum Gasteiger partial charge on any atom is -0.456 e. The summed E-state index contributed by atoms with van der Waals surface area (Å²) in [7, 11) is 0. The number of aromatic nitrogens is 1. The number of halogens is 3. The number of ether oxygens (including phenoxy) is 1. The van der Waals surface area contributed by atoms with Crippen molar-refractivity contribution in [3.8, 4) is 28.8 Å². The zero-order valence-electron chi connectivity index (χ0n) is 13.7. The molecule has 27 heavy (non-hydrogen) atoms. The molecule has 3 rings (SSSR count). The van der Waals surface area contributed by atoms with Crippen LogP contribution >= 0.6 is 0 Å². The normalized spacial score (nSPS) is 10.9. The van der Waals surface area contributed by atoms with Crippen molar-refractivity contribution in [2.24, 2.45) is 0 Å². The van der Waals surface area contributed by atoms with Gasteiger partial charge in [0.25, 0.3) is 0 Å². The third kappa shape index (κ3) is 4.12. The minimum atomic E-state index is -4.53. The number of benzene rings is 2. The Balaban J connectivity index is 1.84. The van der Waals surface area contributed by atoms with Crippen molar-refractivity contribution in [2.45, 2.75) is 6.18 Å². The predicted molar refractivity (Wildman–Crippen MR) is 91.3 cm³/mol. The van der Waals surface area contributed by atoms with Crippen molar-refractivity contribution in [1.82, 2.24) is 4.98 Å². The highest BCUT2D eigenvalue weighted by Crippen LogP contribution is 2.34. The molecule has 3 aromatic rings. The number of nitriles is 1. The van der Waals surface area contributed by atoms with Crippen molar-refractivity contribution >= 4 is 6.29 Å². The Kier molecular flexibility index (Phi) is 4.90. The Labute approximate surface area is 152 Å². The molecule has 0 unspecified atom stereocenters. The maximum atomic E-state index is 12.7. The van der Waals surface area contributed by atoms with Crippen LogP contribution in [0.4, 0.5) is 13.2 Å². The third-order valence-electron chi connectivity index (χ3n) is 3.70. The smallest absolute Gasteiger partial charge is 0.416 e. The molecule has 2 aromatic carbocycles. The number of carbonyl (C=O) groups excluding carboxylic acids is 1. The molecule has 0 radical (unpaired) electrons. The number of nitrogens with zero attached hydrogens (tertiary/aromatic N) is 2. The molecule has 134 valence electrons. The highest BCUT2D eigenvalue weighted by molar-refractivity contribution is 5.73. The summed E-state index contributed by atoms with van der Waals surface area (Å²) in [4.78, 5) is 15.0. The summed E-state index contributed by atoms with van der Waals surface area (Å²) < 4.78 is 43.8. The van der Waals surface area contributed by atoms with Crippen molar-refractivity contribution in [3.63, 3.8) is 0 Å². The zero-order chi connectivity index (χ0) is 19.4. The van der Waals surface area contributed by atoms with Gasteiger partial charge in [-0.25, -0.2) is 4.98 Å². The molecular formula is C20H11F3N2O2. The molecule has 1 heterocycles. The van der Waals surface area contributed by atoms with Gasteiger partial charge in [-0.1, -0.05) is 6.07 Å². The number of hydrogen-bond donors (Lipinski definition) is 0. The first-order valence-corrected chi connectivity index (χ1v) is 7.72. The van der Waals surface area contributed by atoms with E-state index < -0.39 is 11.7 Å². The lowest BCUT2D eigenvalue weighted by Crippen LogP contribution is -2.05. The van der Waals surface area contributed by atoms with Crippen LogP contribution in [0.25, 0.3) is 11.3 Å². The molecule has 0 spiro atoms. The van der Waals surface area contributed by atoms with Gasteiger partial charge in [0.2, 0.25) is 0 Å². The molecular weight excluding hydrogens is 357 g/mol. The van der Waals surface area contributed by atoms with Crippen LogP contribution in [0.3, 0.4) is 0 Å². The van der Waals surface area contributed by atoms with E-state index in [1.165, 1.54) is 0 Å². The summed E-state index contributed by atoms with van der Waals surface area (Å²) in [6, 6.07) is 16.1. The predicted octanol–water partition coefficient (Wildman–Crippen LogP) is 5.24. The maximum Gasteiger partial charge on any atom is 0.416 e. The molecule has 4 nitrogen and oxygen atoms in total. The molecule has 0 bridgehead atoms. The summed E-state index contributed by atoms with van der Waals surface area (Å²) in [6.07, 6.45) is -3.89. The van der Waals surface area contributed by atoms with Gasteiger partial charge in [0.15, 0.2) is 6.29 Å². The number of alkyl halides is 3. The average Bonchev–Trinajstić information content (AvgIpc) is 2.68. The minimum absolute atomic E-state index is 0.0272. The monoisotopic (exact) mass is 368 g/mol. The Morgan fingerprint density at radius 3 is 2.41 bits per heavy atom. The molecule has 0 aliphatic heterocycles. The van der Waals surface area contributed by atoms with E-state index in [4.69, 9.17) is 10.00 Å². The Bertz CT molecular complexity index is 1020. The lowest BCUT2D eigenvalue weighted by Gasteiger charge is -2.11. The molecule has 0 saturated carbocycles. The molecule has 0 atom stereocenters. The van der Waals surface area contributed by atoms with Gasteiger partial charge in [-0.3, -0.25) is 4.79 Å². The molecule has 0 aliphatic rings. The zero-order valence-corrected chi connectivity index (χ0v) is 13.7. The number of hydrogen-bond acceptors (Lipinski definition) is 4. The third-order valence-corrected chi connectivity index (χ3v) is 3.70. The molecule has 0 N–H and O–H groups in total. The fourth-order valence-corrected chi connectivity index (χ4v) is 2.38. The molecule has 0 fully saturated rings. The lowest BCUT2D eigenvalue weighted by molar-refractivity contribution is -0.137. The van der Waals surface area contributed by atoms with Gasteiger partial charge >= 0.3 is 6.18 Å². The second-order valence-corrected chi connectivity index (χ2v) is 5.51. The molecule has 0 saturated heterocycles. The highest BCUT2D eigenvalue weighted by Gasteiger charge is 2.31. The van der Waals surface area contributed by atoms with E-state index in [-0.39, 0.29) is 11.3 Å². The molecule has 7 heteroatoms. The SMILES string of the molecule is N#Cc1cc(C(F)(F)F)ccc1Oc1ccc(-c2cccc(C=O)n2)cc1. The summed E-state index contributed by atoms with van der Waals surface area (Å²) in [5.74, 6) is 0.376. The number of carbonyl (C=O) groups is 1. The van der Waals surface area contributed by atoms with Crippen LogP contribution in [0.15, 0.2) is 60.7 Å². The first-order valence-electron chi connectivity index (χ1n) is 7.72. The second-order valence-electron chi connectivity index (χ2n) is 5.51. The van der Waals surface area contributed by atoms with E-state index in [2.05, 4.69) is 4.98 Å². The van der Waals surface area contributed by atoms with E-state index in [0.717, 1.165) is 23.8 Å². The number of rotatable bonds is 4. The molecule has 1 aromatic heterocycles. The van der Waals surface area contributed by atoms with E-state index in [1.54, 1.807) is 48.5 Å². The van der Waals surface area contributed by atoms with Gasteiger partial charge in [-0.15, -0.1) is 0 Å². The number of pyridine rings is 1. The van der Waals surface area contributed by atoms with Crippen molar-refractivity contribution < 1.29 is 22.7 Å². The van der Waals surface area contributed by atoms with Crippen molar-refractivity contribution in [1.29, 1.82) is 5.26 Å². The van der Waals surface area contributed by atoms with Gasteiger partial charge in [0.1, 0.15) is 23.3 Å². The Morgan fingerprint density at radius 1 is 1.04 bits per heavy atom. The fraction of sp³-hybridized carbons (Fsp3) is 0.0500. The van der Waals surface area contributed by atoms with Crippen molar-refractivity contribution in [2.75, 3.05) is 0 Å². The Hall–Kier alpha value is -3.66. The van der Waals surface area contributed by atoms with E-state index >= 15 is 0 Å². The van der Waals surface area contributed by atoms with Crippen LogP contribution in [0.1, 0.15) is 21.6 Å². The van der Waals surface area contributed by atoms with E-state index in [1.807, 2.05) is 0 Å². The largest absolute Gasteiger partial charge is 0.456 e. The first-order chi connectivity index (χ1) is 12.9. The van der Waals surface area contributed by atoms with Crippen LogP contribution in [0, 0.1) is 11.3 Å². The highest BCUT2D eigenvalue weighted by atomic mass is 19.4. The summed E-state index contributed by atoms with van der Waals surface area (Å²) in [6.45, 7) is 0. The Morgan fingerprint density at radius 2 is 1.78 bits per heavy atom. The van der Waals surface area contributed by atoms with Crippen molar-refractivity contribution in [3.05, 3.63) is 77.5 Å². The van der Waals surface area contributed by atoms with Crippen LogP contribution in [0.2, 0.25) is 0 Å². The van der Waals surface area contributed by atoms with Crippen LogP contribution < -0.4 is 4.74 Å². The van der Waals surface area contributed by atoms with Gasteiger partial charge in [-0.2, -0.15) is 18.4 Å². The average molecular weight is 368 g/mol. The van der Waals surface area contributed by atoms with Gasteiger partial charge < -0.3 is 4.74 Å². The first kappa shape index (κ1) is 18.1. The summed E-state index contributed by atoms with van der Waals surface area (Å²) >= 11 is 0. The maximum absolute atomic E-state index is 12.7.